The van der Waals surface area contributed by atoms with Gasteiger partial charge in [-0.1, -0.05) is 25.5 Å². The second kappa shape index (κ2) is 12.3. The van der Waals surface area contributed by atoms with E-state index in [2.05, 4.69) is 11.8 Å². The molecule has 0 unspecified atom stereocenters. The minimum absolute atomic E-state index is 0.0192. The molecule has 0 saturated carbocycles. The summed E-state index contributed by atoms with van der Waals surface area (Å²) in [6.07, 6.45) is 2.62. The van der Waals surface area contributed by atoms with Crippen LogP contribution < -0.4 is 4.74 Å². The van der Waals surface area contributed by atoms with E-state index < -0.39 is 23.5 Å². The molecule has 37 heavy (non-hydrogen) atoms. The first-order valence-corrected chi connectivity index (χ1v) is 13.0. The maximum atomic E-state index is 13.7. The lowest BCUT2D eigenvalue weighted by Crippen LogP contribution is -2.38. The van der Waals surface area contributed by atoms with Crippen molar-refractivity contribution in [2.75, 3.05) is 46.0 Å². The Hall–Kier alpha value is -3.23. The minimum atomic E-state index is -0.801. The summed E-state index contributed by atoms with van der Waals surface area (Å²) in [6, 6.07) is 10.2. The van der Waals surface area contributed by atoms with Crippen molar-refractivity contribution >= 4 is 17.4 Å². The highest BCUT2D eigenvalue weighted by atomic mass is 19.1. The number of ketones is 1. The number of hydrogen-bond donors (Lipinski definition) is 1. The number of likely N-dealkylation sites (tertiary alicyclic amines) is 1. The Kier molecular flexibility index (Phi) is 8.95. The Labute approximate surface area is 217 Å². The highest BCUT2D eigenvalue weighted by molar-refractivity contribution is 6.46. The van der Waals surface area contributed by atoms with Crippen molar-refractivity contribution in [3.05, 3.63) is 70.5 Å². The third-order valence-electron chi connectivity index (χ3n) is 6.92. The SMILES string of the molecule is CCCCOc1ccc(C(O)=C2C(=O)C(=O)N(CCCN3CCOCC3)[C@@H]2c2ccc(F)cc2)c(C)c1. The van der Waals surface area contributed by atoms with E-state index in [9.17, 15) is 19.1 Å². The van der Waals surface area contributed by atoms with E-state index in [0.29, 0.717) is 49.7 Å². The van der Waals surface area contributed by atoms with Crippen LogP contribution in [0.5, 0.6) is 5.75 Å². The van der Waals surface area contributed by atoms with Gasteiger partial charge in [0.1, 0.15) is 17.3 Å². The zero-order valence-corrected chi connectivity index (χ0v) is 21.5. The molecule has 1 N–H and O–H groups in total. The van der Waals surface area contributed by atoms with E-state index in [-0.39, 0.29) is 11.3 Å². The molecule has 1 atom stereocenters. The zero-order chi connectivity index (χ0) is 26.4. The number of benzene rings is 2. The maximum Gasteiger partial charge on any atom is 0.295 e. The predicted molar refractivity (Wildman–Crippen MR) is 139 cm³/mol. The third kappa shape index (κ3) is 6.19. The van der Waals surface area contributed by atoms with Crippen molar-refractivity contribution in [3.63, 3.8) is 0 Å². The molecule has 0 radical (unpaired) electrons. The summed E-state index contributed by atoms with van der Waals surface area (Å²) >= 11 is 0. The van der Waals surface area contributed by atoms with E-state index in [1.54, 1.807) is 24.3 Å². The Balaban J connectivity index is 1.64. The number of morpholine rings is 1. The number of unbranched alkanes of at least 4 members (excludes halogenated alkanes) is 1. The molecule has 4 rings (SSSR count). The van der Waals surface area contributed by atoms with Crippen LogP contribution in [0.2, 0.25) is 0 Å². The average molecular weight is 511 g/mol. The number of aliphatic hydroxyl groups is 1. The number of Topliss-reactive ketones (excluding diaryl/α,β-unsaturated/α-hetero) is 1. The number of carbonyl (C=O) groups excluding carboxylic acids is 2. The van der Waals surface area contributed by atoms with Crippen LogP contribution >= 0.6 is 0 Å². The number of amides is 1. The fourth-order valence-corrected chi connectivity index (χ4v) is 4.86. The Morgan fingerprint density at radius 2 is 1.81 bits per heavy atom. The predicted octanol–water partition coefficient (Wildman–Crippen LogP) is 4.46. The van der Waals surface area contributed by atoms with Crippen molar-refractivity contribution in [2.45, 2.75) is 39.2 Å². The topological polar surface area (TPSA) is 79.3 Å². The second-order valence-electron chi connectivity index (χ2n) is 9.53. The van der Waals surface area contributed by atoms with E-state index >= 15 is 0 Å². The fraction of sp³-hybridized carbons (Fsp3) is 0.448. The smallest absolute Gasteiger partial charge is 0.295 e. The molecule has 0 aliphatic carbocycles. The summed E-state index contributed by atoms with van der Waals surface area (Å²) in [5.74, 6) is -1.36. The Morgan fingerprint density at radius 3 is 2.49 bits per heavy atom. The minimum Gasteiger partial charge on any atom is -0.507 e. The molecule has 0 aromatic heterocycles. The van der Waals surface area contributed by atoms with Gasteiger partial charge in [-0.25, -0.2) is 4.39 Å². The molecule has 2 saturated heterocycles. The summed E-state index contributed by atoms with van der Waals surface area (Å²) < 4.78 is 24.9. The van der Waals surface area contributed by atoms with Crippen LogP contribution in [0.1, 0.15) is 48.9 Å². The first-order chi connectivity index (χ1) is 17.9. The quantitative estimate of drug-likeness (QED) is 0.220. The molecular weight excluding hydrogens is 475 g/mol. The standard InChI is InChI=1S/C29H35FN2O5/c1-3-4-16-37-23-10-11-24(20(2)19-23)27(33)25-26(21-6-8-22(30)9-7-21)32(29(35)28(25)34)13-5-12-31-14-17-36-18-15-31/h6-11,19,26,33H,3-5,12-18H2,1-2H3/t26-/m1/s1. The molecule has 2 aromatic rings. The highest BCUT2D eigenvalue weighted by Crippen LogP contribution is 2.40. The van der Waals surface area contributed by atoms with Crippen molar-refractivity contribution < 1.29 is 28.6 Å². The normalized spacial score (nSPS) is 20.0. The van der Waals surface area contributed by atoms with Gasteiger partial charge < -0.3 is 19.5 Å². The van der Waals surface area contributed by atoms with Crippen LogP contribution in [0.25, 0.3) is 5.76 Å². The summed E-state index contributed by atoms with van der Waals surface area (Å²) in [5.41, 5.74) is 1.78. The van der Waals surface area contributed by atoms with E-state index in [1.165, 1.54) is 17.0 Å². The molecule has 2 aliphatic rings. The lowest BCUT2D eigenvalue weighted by atomic mass is 9.94. The van der Waals surface area contributed by atoms with Crippen LogP contribution in [0.15, 0.2) is 48.0 Å². The first kappa shape index (κ1) is 26.8. The number of rotatable bonds is 10. The molecule has 2 fully saturated rings. The molecule has 0 spiro atoms. The van der Waals surface area contributed by atoms with Gasteiger partial charge in [-0.15, -0.1) is 0 Å². The van der Waals surface area contributed by atoms with Crippen molar-refractivity contribution in [2.24, 2.45) is 0 Å². The highest BCUT2D eigenvalue weighted by Gasteiger charge is 2.46. The monoisotopic (exact) mass is 510 g/mol. The molecule has 2 heterocycles. The number of hydrogen-bond acceptors (Lipinski definition) is 6. The van der Waals surface area contributed by atoms with Crippen LogP contribution in [0, 0.1) is 12.7 Å². The number of aryl methyl sites for hydroxylation is 1. The van der Waals surface area contributed by atoms with Gasteiger partial charge in [0.05, 0.1) is 31.4 Å². The van der Waals surface area contributed by atoms with Crippen LogP contribution in [-0.4, -0.2) is 72.6 Å². The van der Waals surface area contributed by atoms with Crippen molar-refractivity contribution in [1.29, 1.82) is 0 Å². The van der Waals surface area contributed by atoms with E-state index in [1.807, 2.05) is 13.0 Å². The zero-order valence-electron chi connectivity index (χ0n) is 21.5. The van der Waals surface area contributed by atoms with Crippen LogP contribution in [0.4, 0.5) is 4.39 Å². The number of aliphatic hydroxyl groups excluding tert-OH is 1. The van der Waals surface area contributed by atoms with Crippen molar-refractivity contribution in [1.82, 2.24) is 9.80 Å². The number of nitrogens with zero attached hydrogens (tertiary/aromatic N) is 2. The van der Waals surface area contributed by atoms with Gasteiger partial charge in [0.15, 0.2) is 0 Å². The van der Waals surface area contributed by atoms with E-state index in [0.717, 1.165) is 38.0 Å². The second-order valence-corrected chi connectivity index (χ2v) is 9.53. The maximum absolute atomic E-state index is 13.7. The first-order valence-electron chi connectivity index (χ1n) is 13.0. The molecule has 2 aromatic carbocycles. The third-order valence-corrected chi connectivity index (χ3v) is 6.92. The molecule has 198 valence electrons. The number of ether oxygens (including phenoxy) is 2. The van der Waals surface area contributed by atoms with E-state index in [4.69, 9.17) is 9.47 Å². The van der Waals surface area contributed by atoms with Gasteiger partial charge in [-0.3, -0.25) is 14.5 Å². The largest absolute Gasteiger partial charge is 0.507 e. The molecule has 1 amide bonds. The number of carbonyl (C=O) groups is 2. The Bertz CT molecular complexity index is 1140. The van der Waals surface area contributed by atoms with Gasteiger partial charge in [-0.05, 0) is 61.2 Å². The molecule has 8 heteroatoms. The van der Waals surface area contributed by atoms with Gasteiger partial charge >= 0.3 is 0 Å². The summed E-state index contributed by atoms with van der Waals surface area (Å²) in [6.45, 7) is 8.64. The summed E-state index contributed by atoms with van der Waals surface area (Å²) in [5, 5.41) is 11.4. The summed E-state index contributed by atoms with van der Waals surface area (Å²) in [7, 11) is 0. The van der Waals surface area contributed by atoms with Gasteiger partial charge in [-0.2, -0.15) is 0 Å². The lowest BCUT2D eigenvalue weighted by Gasteiger charge is -2.29. The molecular formula is C29H35FN2O5. The van der Waals surface area contributed by atoms with Crippen LogP contribution in [0.3, 0.4) is 0 Å². The summed E-state index contributed by atoms with van der Waals surface area (Å²) in [4.78, 5) is 30.2. The molecule has 2 aliphatic heterocycles. The van der Waals surface area contributed by atoms with Gasteiger partial charge in [0.2, 0.25) is 0 Å². The van der Waals surface area contributed by atoms with Crippen molar-refractivity contribution in [3.8, 4) is 5.75 Å². The van der Waals surface area contributed by atoms with Gasteiger partial charge in [0, 0.05) is 31.7 Å². The number of halogens is 1. The molecule has 0 bridgehead atoms. The lowest BCUT2D eigenvalue weighted by molar-refractivity contribution is -0.140. The fourth-order valence-electron chi connectivity index (χ4n) is 4.86. The Morgan fingerprint density at radius 1 is 1.08 bits per heavy atom. The molecule has 7 nitrogen and oxygen atoms in total. The van der Waals surface area contributed by atoms with Gasteiger partial charge in [0.25, 0.3) is 11.7 Å². The average Bonchev–Trinajstić information content (AvgIpc) is 3.15. The van der Waals surface area contributed by atoms with Crippen LogP contribution in [-0.2, 0) is 14.3 Å².